The largest absolute Gasteiger partial charge is 0.351 e. The van der Waals surface area contributed by atoms with Crippen molar-refractivity contribution in [2.75, 3.05) is 11.9 Å². The number of benzene rings is 5. The molecule has 5 aromatic carbocycles. The van der Waals surface area contributed by atoms with Crippen LogP contribution in [0.2, 0.25) is 0 Å². The first-order valence-electron chi connectivity index (χ1n) is 16.0. The van der Waals surface area contributed by atoms with Crippen LogP contribution < -0.4 is 4.90 Å². The van der Waals surface area contributed by atoms with Gasteiger partial charge in [-0.2, -0.15) is 0 Å². The Hall–Kier alpha value is -5.23. The number of nitrogens with zero attached hydrogens (tertiary/aromatic N) is 2. The van der Waals surface area contributed by atoms with Crippen LogP contribution in [0.25, 0.3) is 49.6 Å². The summed E-state index contributed by atoms with van der Waals surface area (Å²) in [5.41, 5.74) is 15.0. The van der Waals surface area contributed by atoms with Crippen LogP contribution in [-0.4, -0.2) is 17.5 Å². The number of fused-ring (bicyclic) bond motifs is 14. The Bertz CT molecular complexity index is 2610. The predicted molar refractivity (Wildman–Crippen MR) is 203 cm³/mol. The summed E-state index contributed by atoms with van der Waals surface area (Å²) in [4.78, 5) is 16.6. The molecule has 228 valence electrons. The maximum absolute atomic E-state index is 14.4. The molecular weight excluding hydrogens is 672 g/mol. The van der Waals surface area contributed by atoms with Gasteiger partial charge in [0, 0.05) is 35.3 Å². The number of carbonyl (C=O) groups is 1. The Morgan fingerprint density at radius 2 is 1.40 bits per heavy atom. The highest BCUT2D eigenvalue weighted by Gasteiger charge is 2.52. The lowest BCUT2D eigenvalue weighted by Gasteiger charge is -2.31. The summed E-state index contributed by atoms with van der Waals surface area (Å²) in [5, 5.41) is 4.10. The van der Waals surface area contributed by atoms with Gasteiger partial charge in [0.05, 0.1) is 25.8 Å². The van der Waals surface area contributed by atoms with Crippen molar-refractivity contribution in [3.8, 4) is 22.3 Å². The lowest BCUT2D eigenvalue weighted by molar-refractivity contribution is 0.0969. The van der Waals surface area contributed by atoms with E-state index < -0.39 is 5.41 Å². The quantitative estimate of drug-likeness (QED) is 0.170. The second kappa shape index (κ2) is 9.89. The lowest BCUT2D eigenvalue weighted by Crippen LogP contribution is -2.26. The number of halogens is 1. The van der Waals surface area contributed by atoms with E-state index in [0.29, 0.717) is 5.56 Å². The zero-order chi connectivity index (χ0) is 32.3. The molecule has 0 saturated carbocycles. The van der Waals surface area contributed by atoms with Crippen molar-refractivity contribution in [3.05, 3.63) is 177 Å². The Balaban J connectivity index is 1.39. The molecule has 10 rings (SSSR count). The van der Waals surface area contributed by atoms with E-state index >= 15 is 0 Å². The van der Waals surface area contributed by atoms with E-state index in [1.54, 1.807) is 0 Å². The third-order valence-corrected chi connectivity index (χ3v) is 12.2. The second-order valence-corrected chi connectivity index (χ2v) is 15.0. The van der Waals surface area contributed by atoms with Crippen molar-refractivity contribution in [3.63, 3.8) is 0 Å². The standard InChI is InChI=1S/C43H27BrN2OS/c1-25-11-9-10-19-45(2)39-23-31-32-24-40-33(28-14-5-8-17-38(28)46(40)42(47)29-18-20-48-41(29)44)22-37(32)43(36(31)21-30(25)39)34-15-6-3-12-26(34)27-13-4-7-16-35(27)43/h3-24H,1H2,2H3/b11-9-,19-10-. The van der Waals surface area contributed by atoms with Gasteiger partial charge < -0.3 is 4.90 Å². The Kier molecular flexibility index (Phi) is 5.74. The Labute approximate surface area is 290 Å². The minimum atomic E-state index is -0.536. The normalized spacial score (nSPS) is 16.3. The van der Waals surface area contributed by atoms with Crippen LogP contribution in [-0.2, 0) is 5.41 Å². The van der Waals surface area contributed by atoms with Gasteiger partial charge >= 0.3 is 0 Å². The molecule has 2 aliphatic carbocycles. The highest BCUT2D eigenvalue weighted by Crippen LogP contribution is 2.64. The summed E-state index contributed by atoms with van der Waals surface area (Å²) in [7, 11) is 2.10. The molecular formula is C43H27BrN2OS. The molecule has 0 unspecified atom stereocenters. The van der Waals surface area contributed by atoms with Gasteiger partial charge in [0.15, 0.2) is 0 Å². The number of carbonyl (C=O) groups excluding carboxylic acids is 1. The number of thiophene rings is 1. The highest BCUT2D eigenvalue weighted by atomic mass is 79.9. The number of para-hydroxylation sites is 1. The molecule has 0 amide bonds. The zero-order valence-electron chi connectivity index (χ0n) is 26.0. The van der Waals surface area contributed by atoms with E-state index in [2.05, 4.69) is 150 Å². The summed E-state index contributed by atoms with van der Waals surface area (Å²) >= 11 is 5.17. The first-order chi connectivity index (χ1) is 23.5. The van der Waals surface area contributed by atoms with Crippen molar-refractivity contribution in [2.24, 2.45) is 0 Å². The van der Waals surface area contributed by atoms with Crippen LogP contribution in [0, 0.1) is 0 Å². The molecule has 3 aliphatic rings. The van der Waals surface area contributed by atoms with Crippen LogP contribution >= 0.6 is 27.3 Å². The van der Waals surface area contributed by atoms with E-state index in [-0.39, 0.29) is 5.91 Å². The number of aromatic nitrogens is 1. The van der Waals surface area contributed by atoms with Crippen LogP contribution in [0.5, 0.6) is 0 Å². The minimum Gasteiger partial charge on any atom is -0.351 e. The third-order valence-electron chi connectivity index (χ3n) is 10.5. The zero-order valence-corrected chi connectivity index (χ0v) is 28.4. The molecule has 0 fully saturated rings. The maximum Gasteiger partial charge on any atom is 0.264 e. The average Bonchev–Trinajstić information content (AvgIpc) is 3.84. The van der Waals surface area contributed by atoms with E-state index in [1.165, 1.54) is 50.3 Å². The van der Waals surface area contributed by atoms with Crippen molar-refractivity contribution in [1.82, 2.24) is 4.57 Å². The summed E-state index contributed by atoms with van der Waals surface area (Å²) in [6.45, 7) is 4.51. The molecule has 5 heteroatoms. The van der Waals surface area contributed by atoms with Gasteiger partial charge in [0.2, 0.25) is 0 Å². The van der Waals surface area contributed by atoms with E-state index in [4.69, 9.17) is 0 Å². The smallest absolute Gasteiger partial charge is 0.264 e. The average molecular weight is 700 g/mol. The molecule has 0 bridgehead atoms. The third kappa shape index (κ3) is 3.45. The molecule has 1 aliphatic heterocycles. The topological polar surface area (TPSA) is 25.2 Å². The van der Waals surface area contributed by atoms with Gasteiger partial charge in [0.1, 0.15) is 0 Å². The van der Waals surface area contributed by atoms with Crippen molar-refractivity contribution >= 4 is 66.2 Å². The summed E-state index contributed by atoms with van der Waals surface area (Å²) in [6, 6.07) is 37.3. The molecule has 0 radical (unpaired) electrons. The second-order valence-electron chi connectivity index (χ2n) is 12.8. The highest BCUT2D eigenvalue weighted by molar-refractivity contribution is 9.11. The fraction of sp³-hybridized carbons (Fsp3) is 0.0465. The molecule has 48 heavy (non-hydrogen) atoms. The number of hydrogen-bond donors (Lipinski definition) is 0. The van der Waals surface area contributed by atoms with Gasteiger partial charge in [-0.25, -0.2) is 0 Å². The first-order valence-corrected chi connectivity index (χ1v) is 17.7. The van der Waals surface area contributed by atoms with Gasteiger partial charge in [-0.15, -0.1) is 11.3 Å². The molecule has 7 aromatic rings. The van der Waals surface area contributed by atoms with E-state index in [1.807, 2.05) is 22.1 Å². The maximum atomic E-state index is 14.4. The predicted octanol–water partition coefficient (Wildman–Crippen LogP) is 11.2. The Morgan fingerprint density at radius 1 is 0.708 bits per heavy atom. The van der Waals surface area contributed by atoms with Gasteiger partial charge in [-0.1, -0.05) is 85.5 Å². The van der Waals surface area contributed by atoms with Crippen LogP contribution in [0.4, 0.5) is 5.69 Å². The van der Waals surface area contributed by atoms with Crippen LogP contribution in [0.3, 0.4) is 0 Å². The summed E-state index contributed by atoms with van der Waals surface area (Å²) < 4.78 is 2.75. The van der Waals surface area contributed by atoms with E-state index in [9.17, 15) is 4.79 Å². The van der Waals surface area contributed by atoms with Crippen molar-refractivity contribution < 1.29 is 4.79 Å². The number of allylic oxidation sites excluding steroid dienone is 4. The first kappa shape index (κ1) is 27.8. The van der Waals surface area contributed by atoms with Crippen LogP contribution in [0.15, 0.2) is 143 Å². The summed E-state index contributed by atoms with van der Waals surface area (Å²) in [6.07, 6.45) is 8.30. The monoisotopic (exact) mass is 698 g/mol. The van der Waals surface area contributed by atoms with Crippen molar-refractivity contribution in [1.29, 1.82) is 0 Å². The van der Waals surface area contributed by atoms with Crippen molar-refractivity contribution in [2.45, 2.75) is 5.41 Å². The molecule has 3 heterocycles. The van der Waals surface area contributed by atoms with Gasteiger partial charge in [-0.05, 0) is 114 Å². The molecule has 0 N–H and O–H groups in total. The number of anilines is 1. The fourth-order valence-electron chi connectivity index (χ4n) is 8.49. The van der Waals surface area contributed by atoms with E-state index in [0.717, 1.165) is 48.0 Å². The number of rotatable bonds is 1. The van der Waals surface area contributed by atoms with Gasteiger partial charge in [0.25, 0.3) is 5.91 Å². The van der Waals surface area contributed by atoms with Gasteiger partial charge in [-0.3, -0.25) is 9.36 Å². The molecule has 3 nitrogen and oxygen atoms in total. The number of hydrogen-bond acceptors (Lipinski definition) is 3. The fourth-order valence-corrected chi connectivity index (χ4v) is 9.72. The molecule has 0 atom stereocenters. The Morgan fingerprint density at radius 3 is 2.15 bits per heavy atom. The SMILES string of the molecule is C=C1/C=C\C=C/N(C)c2cc3c(cc21)C1(c2ccccc2-c2ccccc21)c1cc2c4ccccc4n(C(=O)c4ccsc4Br)c2cc1-3. The molecule has 2 aromatic heterocycles. The summed E-state index contributed by atoms with van der Waals surface area (Å²) in [5.74, 6) is -0.0371. The minimum absolute atomic E-state index is 0.0371. The lowest BCUT2D eigenvalue weighted by atomic mass is 9.70. The molecule has 0 saturated heterocycles. The van der Waals surface area contributed by atoms with Crippen LogP contribution in [0.1, 0.15) is 38.2 Å². The molecule has 1 spiro atoms.